The van der Waals surface area contributed by atoms with Crippen LogP contribution in [0.1, 0.15) is 84.0 Å². The van der Waals surface area contributed by atoms with Crippen LogP contribution in [-0.4, -0.2) is 24.8 Å². The molecule has 1 saturated carbocycles. The lowest BCUT2D eigenvalue weighted by atomic mass is 9.70. The predicted molar refractivity (Wildman–Crippen MR) is 95.9 cm³/mol. The van der Waals surface area contributed by atoms with E-state index in [0.717, 1.165) is 32.1 Å². The Balaban J connectivity index is 2.14. The second kappa shape index (κ2) is 9.24. The lowest BCUT2D eigenvalue weighted by molar-refractivity contribution is -0.141. The molecule has 0 aromatic rings. The molecule has 0 spiro atoms. The summed E-state index contributed by atoms with van der Waals surface area (Å²) in [6, 6.07) is 0.514. The van der Waals surface area contributed by atoms with Crippen LogP contribution >= 0.6 is 0 Å². The third-order valence-electron chi connectivity index (χ3n) is 5.74. The molecule has 2 aliphatic rings. The van der Waals surface area contributed by atoms with Crippen LogP contribution in [0.25, 0.3) is 0 Å². The number of methoxy groups -OCH3 is 1. The van der Waals surface area contributed by atoms with Crippen LogP contribution < -0.4 is 0 Å². The van der Waals surface area contributed by atoms with E-state index in [1.54, 1.807) is 0 Å². The summed E-state index contributed by atoms with van der Waals surface area (Å²) in [5, 5.41) is 0. The van der Waals surface area contributed by atoms with Crippen molar-refractivity contribution in [1.82, 2.24) is 0 Å². The Morgan fingerprint density at radius 1 is 1.13 bits per heavy atom. The third kappa shape index (κ3) is 5.47. The summed E-state index contributed by atoms with van der Waals surface area (Å²) in [4.78, 5) is 16.8. The van der Waals surface area contributed by atoms with E-state index in [0.29, 0.717) is 12.5 Å². The molecule has 0 radical (unpaired) electrons. The van der Waals surface area contributed by atoms with Gasteiger partial charge in [0.1, 0.15) is 0 Å². The van der Waals surface area contributed by atoms with E-state index in [-0.39, 0.29) is 11.4 Å². The highest BCUT2D eigenvalue weighted by molar-refractivity contribution is 5.88. The average molecular weight is 319 g/mol. The molecule has 0 saturated heterocycles. The first-order valence-electron chi connectivity index (χ1n) is 9.43. The molecule has 0 N–H and O–H groups in total. The van der Waals surface area contributed by atoms with Crippen molar-refractivity contribution in [3.63, 3.8) is 0 Å². The Hall–Kier alpha value is -1.12. The van der Waals surface area contributed by atoms with Crippen molar-refractivity contribution in [3.05, 3.63) is 12.2 Å². The van der Waals surface area contributed by atoms with Gasteiger partial charge in [-0.15, -0.1) is 0 Å². The van der Waals surface area contributed by atoms with Gasteiger partial charge in [0, 0.05) is 23.6 Å². The number of hydrogen-bond donors (Lipinski definition) is 0. The quantitative estimate of drug-likeness (QED) is 0.395. The average Bonchev–Trinajstić information content (AvgIpc) is 2.55. The van der Waals surface area contributed by atoms with Crippen molar-refractivity contribution in [1.29, 1.82) is 0 Å². The standard InChI is InChI=1S/C20H33NO2/c1-17(21-18-11-7-6-8-12-18)20(16-13-19(22)23-2)14-9-4-3-5-10-15-20/h3-4,18H,5-16H2,1-2H3/b4-3-,21-17-. The Morgan fingerprint density at radius 2 is 1.87 bits per heavy atom. The van der Waals surface area contributed by atoms with E-state index >= 15 is 0 Å². The van der Waals surface area contributed by atoms with E-state index < -0.39 is 0 Å². The van der Waals surface area contributed by atoms with Gasteiger partial charge in [0.05, 0.1) is 7.11 Å². The van der Waals surface area contributed by atoms with Crippen LogP contribution in [0, 0.1) is 5.41 Å². The maximum atomic E-state index is 11.7. The van der Waals surface area contributed by atoms with E-state index in [2.05, 4.69) is 19.1 Å². The van der Waals surface area contributed by atoms with Crippen LogP contribution in [0.2, 0.25) is 0 Å². The Kier molecular flexibility index (Phi) is 7.32. The summed E-state index contributed by atoms with van der Waals surface area (Å²) in [6.07, 6.45) is 18.2. The lowest BCUT2D eigenvalue weighted by Gasteiger charge is -2.36. The van der Waals surface area contributed by atoms with Crippen molar-refractivity contribution >= 4 is 11.7 Å². The molecule has 1 unspecified atom stereocenters. The molecule has 3 heteroatoms. The van der Waals surface area contributed by atoms with Gasteiger partial charge >= 0.3 is 5.97 Å². The van der Waals surface area contributed by atoms with Crippen LogP contribution in [0.15, 0.2) is 17.1 Å². The molecule has 3 nitrogen and oxygen atoms in total. The molecule has 0 aromatic carbocycles. The minimum Gasteiger partial charge on any atom is -0.469 e. The van der Waals surface area contributed by atoms with E-state index in [4.69, 9.17) is 9.73 Å². The summed E-state index contributed by atoms with van der Waals surface area (Å²) in [7, 11) is 1.48. The van der Waals surface area contributed by atoms with Gasteiger partial charge in [0.15, 0.2) is 0 Å². The molecule has 1 atom stereocenters. The van der Waals surface area contributed by atoms with E-state index in [9.17, 15) is 4.79 Å². The second-order valence-electron chi connectivity index (χ2n) is 7.27. The van der Waals surface area contributed by atoms with Crippen LogP contribution in [0.4, 0.5) is 0 Å². The van der Waals surface area contributed by atoms with E-state index in [1.165, 1.54) is 51.3 Å². The molecular formula is C20H33NO2. The fourth-order valence-corrected chi connectivity index (χ4v) is 4.14. The number of aliphatic imine (C=N–C) groups is 1. The molecule has 0 aromatic heterocycles. The molecule has 0 amide bonds. The number of carbonyl (C=O) groups excluding carboxylic acids is 1. The number of esters is 1. The van der Waals surface area contributed by atoms with Crippen molar-refractivity contribution in [2.45, 2.75) is 90.0 Å². The zero-order valence-electron chi connectivity index (χ0n) is 15.0. The Bertz CT molecular complexity index is 435. The SMILES string of the molecule is COC(=O)CCC1(/C(C)=N\C2CCCCC2)CC/C=C\CCC1. The first kappa shape index (κ1) is 18.2. The van der Waals surface area contributed by atoms with Crippen LogP contribution in [0.5, 0.6) is 0 Å². The van der Waals surface area contributed by atoms with Crippen molar-refractivity contribution in [2.75, 3.05) is 7.11 Å². The minimum absolute atomic E-state index is 0.0903. The monoisotopic (exact) mass is 319 g/mol. The summed E-state index contributed by atoms with van der Waals surface area (Å²) in [5.74, 6) is -0.0903. The maximum Gasteiger partial charge on any atom is 0.305 e. The van der Waals surface area contributed by atoms with Crippen molar-refractivity contribution in [3.8, 4) is 0 Å². The van der Waals surface area contributed by atoms with Crippen LogP contribution in [-0.2, 0) is 9.53 Å². The first-order valence-corrected chi connectivity index (χ1v) is 9.43. The molecule has 2 aliphatic carbocycles. The molecule has 0 heterocycles. The largest absolute Gasteiger partial charge is 0.469 e. The maximum absolute atomic E-state index is 11.7. The molecule has 0 aliphatic heterocycles. The number of ether oxygens (including phenoxy) is 1. The van der Waals surface area contributed by atoms with Gasteiger partial charge in [-0.2, -0.15) is 0 Å². The highest BCUT2D eigenvalue weighted by atomic mass is 16.5. The molecule has 2 rings (SSSR count). The van der Waals surface area contributed by atoms with Gasteiger partial charge in [-0.1, -0.05) is 31.4 Å². The van der Waals surface area contributed by atoms with Gasteiger partial charge in [-0.3, -0.25) is 9.79 Å². The number of rotatable bonds is 5. The molecule has 23 heavy (non-hydrogen) atoms. The molecule has 130 valence electrons. The van der Waals surface area contributed by atoms with Crippen LogP contribution in [0.3, 0.4) is 0 Å². The predicted octanol–water partition coefficient (Wildman–Crippen LogP) is 5.24. The van der Waals surface area contributed by atoms with Gasteiger partial charge in [-0.05, 0) is 58.3 Å². The fourth-order valence-electron chi connectivity index (χ4n) is 4.14. The highest BCUT2D eigenvalue weighted by Gasteiger charge is 2.34. The molecule has 0 bridgehead atoms. The third-order valence-corrected chi connectivity index (χ3v) is 5.74. The number of carbonyl (C=O) groups is 1. The topological polar surface area (TPSA) is 38.7 Å². The normalized spacial score (nSPS) is 28.7. The number of allylic oxidation sites excluding steroid dienone is 2. The second-order valence-corrected chi connectivity index (χ2v) is 7.27. The summed E-state index contributed by atoms with van der Waals surface area (Å²) in [6.45, 7) is 2.22. The first-order chi connectivity index (χ1) is 11.2. The minimum atomic E-state index is -0.0903. The number of nitrogens with zero attached hydrogens (tertiary/aromatic N) is 1. The highest BCUT2D eigenvalue weighted by Crippen LogP contribution is 2.39. The molecular weight excluding hydrogens is 286 g/mol. The lowest BCUT2D eigenvalue weighted by Crippen LogP contribution is -2.32. The summed E-state index contributed by atoms with van der Waals surface area (Å²) < 4.78 is 4.88. The van der Waals surface area contributed by atoms with Gasteiger partial charge < -0.3 is 4.74 Å². The summed E-state index contributed by atoms with van der Waals surface area (Å²) >= 11 is 0. The van der Waals surface area contributed by atoms with Gasteiger partial charge in [0.25, 0.3) is 0 Å². The Labute approximate surface area is 141 Å². The Morgan fingerprint density at radius 3 is 2.61 bits per heavy atom. The van der Waals surface area contributed by atoms with E-state index in [1.807, 2.05) is 0 Å². The fraction of sp³-hybridized carbons (Fsp3) is 0.800. The van der Waals surface area contributed by atoms with Gasteiger partial charge in [-0.25, -0.2) is 0 Å². The smallest absolute Gasteiger partial charge is 0.305 e. The molecule has 1 fully saturated rings. The van der Waals surface area contributed by atoms with Gasteiger partial charge in [0.2, 0.25) is 0 Å². The number of hydrogen-bond acceptors (Lipinski definition) is 3. The van der Waals surface area contributed by atoms with Crippen molar-refractivity contribution < 1.29 is 9.53 Å². The summed E-state index contributed by atoms with van der Waals surface area (Å²) in [5.41, 5.74) is 1.39. The van der Waals surface area contributed by atoms with Crippen molar-refractivity contribution in [2.24, 2.45) is 10.4 Å². The zero-order chi connectivity index (χ0) is 16.5. The zero-order valence-corrected chi connectivity index (χ0v) is 15.0.